The van der Waals surface area contributed by atoms with E-state index >= 15 is 0 Å². The maximum Gasteiger partial charge on any atom is 0.159 e. The van der Waals surface area contributed by atoms with Gasteiger partial charge in [0.15, 0.2) is 11.6 Å². The molecular weight excluding hydrogens is 258 g/mol. The van der Waals surface area contributed by atoms with E-state index in [4.69, 9.17) is 5.84 Å². The monoisotopic (exact) mass is 276 g/mol. The molecule has 1 unspecified atom stereocenters. The second-order valence-electron chi connectivity index (χ2n) is 5.36. The molecule has 106 valence electrons. The molecule has 0 fully saturated rings. The van der Waals surface area contributed by atoms with Gasteiger partial charge in [-0.15, -0.1) is 0 Å². The van der Waals surface area contributed by atoms with Crippen LogP contribution in [0.2, 0.25) is 0 Å². The van der Waals surface area contributed by atoms with Gasteiger partial charge in [-0.3, -0.25) is 11.3 Å². The van der Waals surface area contributed by atoms with Crippen molar-refractivity contribution >= 4 is 0 Å². The smallest absolute Gasteiger partial charge is 0.159 e. The Morgan fingerprint density at radius 3 is 2.20 bits per heavy atom. The molecule has 1 atom stereocenters. The topological polar surface area (TPSA) is 38.0 Å². The Kier molecular flexibility index (Phi) is 4.16. The van der Waals surface area contributed by atoms with Gasteiger partial charge in [0.2, 0.25) is 0 Å². The summed E-state index contributed by atoms with van der Waals surface area (Å²) in [6.07, 6.45) is 0. The molecule has 0 aromatic heterocycles. The van der Waals surface area contributed by atoms with Crippen LogP contribution in [0.5, 0.6) is 0 Å². The third kappa shape index (κ3) is 2.71. The van der Waals surface area contributed by atoms with Crippen LogP contribution < -0.4 is 11.3 Å². The van der Waals surface area contributed by atoms with Crippen LogP contribution in [0.1, 0.15) is 31.0 Å². The lowest BCUT2D eigenvalue weighted by Gasteiger charge is -2.35. The molecule has 0 radical (unpaired) electrons. The summed E-state index contributed by atoms with van der Waals surface area (Å²) >= 11 is 0. The Bertz CT molecular complexity index is 582. The van der Waals surface area contributed by atoms with Crippen LogP contribution >= 0.6 is 0 Å². The molecule has 0 spiro atoms. The summed E-state index contributed by atoms with van der Waals surface area (Å²) in [5.41, 5.74) is 4.01. The molecule has 2 aromatic rings. The molecule has 0 heterocycles. The predicted octanol–water partition coefficient (Wildman–Crippen LogP) is 3.45. The SMILES string of the molecule is CC(C)(c1ccccc1)C(NN)c1ccc(F)c(F)c1. The molecule has 4 heteroatoms. The molecule has 2 rings (SSSR count). The van der Waals surface area contributed by atoms with Crippen molar-refractivity contribution in [1.29, 1.82) is 0 Å². The van der Waals surface area contributed by atoms with E-state index < -0.39 is 11.6 Å². The van der Waals surface area contributed by atoms with Gasteiger partial charge in [0.25, 0.3) is 0 Å². The average Bonchev–Trinajstić information content (AvgIpc) is 2.44. The molecule has 0 saturated heterocycles. The van der Waals surface area contributed by atoms with E-state index in [0.29, 0.717) is 5.56 Å². The van der Waals surface area contributed by atoms with Crippen LogP contribution in [0.3, 0.4) is 0 Å². The Morgan fingerprint density at radius 1 is 1.00 bits per heavy atom. The molecule has 2 nitrogen and oxygen atoms in total. The van der Waals surface area contributed by atoms with E-state index in [-0.39, 0.29) is 11.5 Å². The number of hydrogen-bond donors (Lipinski definition) is 2. The van der Waals surface area contributed by atoms with Gasteiger partial charge < -0.3 is 0 Å². The Hall–Kier alpha value is -1.78. The molecule has 20 heavy (non-hydrogen) atoms. The largest absolute Gasteiger partial charge is 0.271 e. The van der Waals surface area contributed by atoms with Crippen molar-refractivity contribution in [3.8, 4) is 0 Å². The maximum atomic E-state index is 13.4. The summed E-state index contributed by atoms with van der Waals surface area (Å²) in [6, 6.07) is 13.3. The normalized spacial score (nSPS) is 13.2. The summed E-state index contributed by atoms with van der Waals surface area (Å²) in [4.78, 5) is 0. The van der Waals surface area contributed by atoms with Gasteiger partial charge in [-0.1, -0.05) is 50.2 Å². The highest BCUT2D eigenvalue weighted by molar-refractivity contribution is 5.32. The van der Waals surface area contributed by atoms with Crippen molar-refractivity contribution in [3.63, 3.8) is 0 Å². The van der Waals surface area contributed by atoms with Gasteiger partial charge >= 0.3 is 0 Å². The highest BCUT2D eigenvalue weighted by Crippen LogP contribution is 2.36. The van der Waals surface area contributed by atoms with Gasteiger partial charge in [-0.25, -0.2) is 8.78 Å². The van der Waals surface area contributed by atoms with Crippen LogP contribution in [-0.2, 0) is 5.41 Å². The van der Waals surface area contributed by atoms with E-state index in [1.54, 1.807) is 6.07 Å². The zero-order valence-corrected chi connectivity index (χ0v) is 11.5. The number of rotatable bonds is 4. The molecule has 0 bridgehead atoms. The lowest BCUT2D eigenvalue weighted by Crippen LogP contribution is -2.41. The summed E-state index contributed by atoms with van der Waals surface area (Å²) in [5, 5.41) is 0. The van der Waals surface area contributed by atoms with E-state index in [9.17, 15) is 8.78 Å². The van der Waals surface area contributed by atoms with Gasteiger partial charge in [0.05, 0.1) is 6.04 Å². The van der Waals surface area contributed by atoms with Gasteiger partial charge in [0.1, 0.15) is 0 Å². The van der Waals surface area contributed by atoms with Crippen molar-refractivity contribution in [2.75, 3.05) is 0 Å². The minimum absolute atomic E-state index is 0.333. The van der Waals surface area contributed by atoms with Crippen LogP contribution in [-0.4, -0.2) is 0 Å². The zero-order chi connectivity index (χ0) is 14.8. The first kappa shape index (κ1) is 14.6. The van der Waals surface area contributed by atoms with E-state index in [0.717, 1.165) is 11.6 Å². The quantitative estimate of drug-likeness (QED) is 0.663. The molecule has 0 amide bonds. The zero-order valence-electron chi connectivity index (χ0n) is 11.5. The Morgan fingerprint density at radius 2 is 1.65 bits per heavy atom. The van der Waals surface area contributed by atoms with Crippen molar-refractivity contribution in [1.82, 2.24) is 5.43 Å². The fourth-order valence-electron chi connectivity index (χ4n) is 2.45. The van der Waals surface area contributed by atoms with Gasteiger partial charge in [-0.2, -0.15) is 0 Å². The second-order valence-corrected chi connectivity index (χ2v) is 5.36. The first-order valence-electron chi connectivity index (χ1n) is 6.43. The number of benzene rings is 2. The first-order chi connectivity index (χ1) is 9.46. The standard InChI is InChI=1S/C16H18F2N2/c1-16(2,12-6-4-3-5-7-12)15(20-19)11-8-9-13(17)14(18)10-11/h3-10,15,20H,19H2,1-2H3. The van der Waals surface area contributed by atoms with Crippen molar-refractivity contribution in [2.24, 2.45) is 5.84 Å². The van der Waals surface area contributed by atoms with Gasteiger partial charge in [-0.05, 0) is 23.3 Å². The highest BCUT2D eigenvalue weighted by atomic mass is 19.2. The van der Waals surface area contributed by atoms with Crippen molar-refractivity contribution < 1.29 is 8.78 Å². The highest BCUT2D eigenvalue weighted by Gasteiger charge is 2.32. The summed E-state index contributed by atoms with van der Waals surface area (Å²) < 4.78 is 26.5. The summed E-state index contributed by atoms with van der Waals surface area (Å²) in [7, 11) is 0. The predicted molar refractivity (Wildman–Crippen MR) is 75.9 cm³/mol. The number of hydrazine groups is 1. The van der Waals surface area contributed by atoms with Crippen LogP contribution in [0.25, 0.3) is 0 Å². The van der Waals surface area contributed by atoms with E-state index in [1.807, 2.05) is 44.2 Å². The van der Waals surface area contributed by atoms with Gasteiger partial charge in [0, 0.05) is 5.41 Å². The Labute approximate surface area is 117 Å². The molecular formula is C16H18F2N2. The van der Waals surface area contributed by atoms with Crippen LogP contribution in [0, 0.1) is 11.6 Å². The third-order valence-electron chi connectivity index (χ3n) is 3.68. The third-order valence-corrected chi connectivity index (χ3v) is 3.68. The lowest BCUT2D eigenvalue weighted by molar-refractivity contribution is 0.350. The minimum atomic E-state index is -0.869. The number of halogens is 2. The summed E-state index contributed by atoms with van der Waals surface area (Å²) in [6.45, 7) is 4.02. The average molecular weight is 276 g/mol. The molecule has 3 N–H and O–H groups in total. The van der Waals surface area contributed by atoms with Crippen LogP contribution in [0.4, 0.5) is 8.78 Å². The number of nitrogens with two attached hydrogens (primary N) is 1. The molecule has 2 aromatic carbocycles. The maximum absolute atomic E-state index is 13.4. The molecule has 0 saturated carbocycles. The number of hydrogen-bond acceptors (Lipinski definition) is 2. The van der Waals surface area contributed by atoms with E-state index in [2.05, 4.69) is 5.43 Å². The summed E-state index contributed by atoms with van der Waals surface area (Å²) in [5.74, 6) is 3.92. The lowest BCUT2D eigenvalue weighted by atomic mass is 9.75. The fraction of sp³-hybridized carbons (Fsp3) is 0.250. The van der Waals surface area contributed by atoms with Crippen LogP contribution in [0.15, 0.2) is 48.5 Å². The fourth-order valence-corrected chi connectivity index (χ4v) is 2.45. The van der Waals surface area contributed by atoms with Crippen molar-refractivity contribution in [3.05, 3.63) is 71.3 Å². The number of nitrogens with one attached hydrogen (secondary N) is 1. The Balaban J connectivity index is 2.43. The van der Waals surface area contributed by atoms with Crippen molar-refractivity contribution in [2.45, 2.75) is 25.3 Å². The molecule has 0 aliphatic heterocycles. The van der Waals surface area contributed by atoms with E-state index in [1.165, 1.54) is 6.07 Å². The molecule has 0 aliphatic rings. The first-order valence-corrected chi connectivity index (χ1v) is 6.43. The second kappa shape index (κ2) is 5.69. The molecule has 0 aliphatic carbocycles. The minimum Gasteiger partial charge on any atom is -0.271 e.